The zero-order valence-corrected chi connectivity index (χ0v) is 43.1. The molecular formula is C53H64N8O17. The van der Waals surface area contributed by atoms with Gasteiger partial charge in [-0.25, -0.2) is 14.4 Å². The molecule has 1 aromatic heterocycles. The molecule has 6 rings (SSSR count). The van der Waals surface area contributed by atoms with Gasteiger partial charge in [-0.05, 0) is 99.6 Å². The molecule has 78 heavy (non-hydrogen) atoms. The van der Waals surface area contributed by atoms with Crippen LogP contribution in [0.2, 0.25) is 0 Å². The number of likely N-dealkylation sites (tertiary alicyclic amines) is 1. The number of anilines is 2. The lowest BCUT2D eigenvalue weighted by Crippen LogP contribution is -2.61. The number of piperidine rings is 1. The molecule has 3 aliphatic heterocycles. The number of aromatic nitrogens is 1. The van der Waals surface area contributed by atoms with Crippen molar-refractivity contribution in [1.82, 2.24) is 30.7 Å². The Bertz CT molecular complexity index is 2710. The highest BCUT2D eigenvalue weighted by Gasteiger charge is 2.48. The predicted molar refractivity (Wildman–Crippen MR) is 276 cm³/mol. The molecule has 8 amide bonds. The molecule has 4 heterocycles. The van der Waals surface area contributed by atoms with Crippen LogP contribution in [0.5, 0.6) is 5.75 Å². The number of nitrogens with zero attached hydrogens (tertiary/aromatic N) is 3. The monoisotopic (exact) mass is 1080 g/mol. The SMILES string of the molecule is CC(C)(C)OC(=O)NC[C@@H](C(=O)NCCC(=O)Nc1cc(COC(=O)Nc2cccc(C(=O)N3CCC(CCCCNC(=O)/C=C/c4cccnc4)CC3)c2)ccc1O[C@@H]1O[C@H](C(=O)O)[C@@H](O)[C@H](O)[C@H]1O)N1C(=O)C=CC1=O. The van der Waals surface area contributed by atoms with E-state index in [-0.39, 0.29) is 41.0 Å². The Hall–Kier alpha value is -8.26. The number of benzene rings is 2. The Labute approximate surface area is 448 Å². The molecule has 2 aromatic carbocycles. The van der Waals surface area contributed by atoms with Crippen LogP contribution in [0.4, 0.5) is 21.0 Å². The molecule has 0 aliphatic carbocycles. The van der Waals surface area contributed by atoms with Crippen LogP contribution in [-0.2, 0) is 49.6 Å². The second-order valence-corrected chi connectivity index (χ2v) is 19.5. The molecule has 0 saturated carbocycles. The molecule has 3 aromatic rings. The molecule has 0 bridgehead atoms. The predicted octanol–water partition coefficient (Wildman–Crippen LogP) is 2.22. The van der Waals surface area contributed by atoms with E-state index in [4.69, 9.17) is 18.9 Å². The number of hydrogen-bond acceptors (Lipinski definition) is 17. The van der Waals surface area contributed by atoms with Crippen molar-refractivity contribution in [3.63, 3.8) is 0 Å². The van der Waals surface area contributed by atoms with Gasteiger partial charge in [-0.2, -0.15) is 0 Å². The van der Waals surface area contributed by atoms with E-state index in [9.17, 15) is 63.6 Å². The maximum absolute atomic E-state index is 13.5. The quantitative estimate of drug-likeness (QED) is 0.0396. The van der Waals surface area contributed by atoms with Crippen molar-refractivity contribution in [3.05, 3.63) is 102 Å². The number of amides is 8. The molecule has 3 aliphatic rings. The summed E-state index contributed by atoms with van der Waals surface area (Å²) in [4.78, 5) is 121. The third-order valence-electron chi connectivity index (χ3n) is 12.4. The van der Waals surface area contributed by atoms with Gasteiger partial charge in [-0.3, -0.25) is 44.0 Å². The Morgan fingerprint density at radius 3 is 2.28 bits per heavy atom. The van der Waals surface area contributed by atoms with Crippen LogP contribution in [0.15, 0.2) is 85.2 Å². The van der Waals surface area contributed by atoms with Crippen LogP contribution in [0.25, 0.3) is 6.08 Å². The number of aliphatic hydroxyl groups is 3. The Balaban J connectivity index is 1.02. The topological polar surface area (TPSA) is 351 Å². The first kappa shape index (κ1) is 59.0. The Morgan fingerprint density at radius 1 is 0.846 bits per heavy atom. The number of carboxylic acids is 1. The summed E-state index contributed by atoms with van der Waals surface area (Å²) in [6, 6.07) is 12.4. The van der Waals surface area contributed by atoms with Gasteiger partial charge in [0, 0.05) is 74.5 Å². The van der Waals surface area contributed by atoms with E-state index in [0.29, 0.717) is 36.0 Å². The molecule has 2 fully saturated rings. The number of pyridine rings is 1. The molecular weight excluding hydrogens is 1020 g/mol. The van der Waals surface area contributed by atoms with Crippen LogP contribution in [0, 0.1) is 5.92 Å². The molecule has 25 heteroatoms. The standard InChI is InChI=1S/C53H64N8O17/c1-53(2,3)78-51(73)57-29-37(61-41(64)16-17-42(61)65)47(69)56-23-18-40(63)59-36-26-33(12-14-38(36)76-50-45(68)43(66)44(67)46(77-50)49(71)72)30-75-52(74)58-35-11-6-10-34(27-35)48(70)60-24-19-31(20-25-60)8-4-5-22-55-39(62)15-13-32-9-7-21-54-28-32/h6-7,9-17,21,26-28,31,37,43-46,50,66-68H,4-5,8,18-20,22-25,29-30H2,1-3H3,(H,55,62)(H,56,69)(H,57,73)(H,58,74)(H,59,63)(H,71,72)/b15-13+/t37-,43-,44-,45+,46-,50+/m0/s1. The second-order valence-electron chi connectivity index (χ2n) is 19.5. The number of carbonyl (C=O) groups excluding carboxylic acids is 8. The average molecular weight is 1090 g/mol. The lowest BCUT2D eigenvalue weighted by Gasteiger charge is -2.38. The lowest BCUT2D eigenvalue weighted by atomic mass is 9.91. The van der Waals surface area contributed by atoms with Gasteiger partial charge >= 0.3 is 18.2 Å². The van der Waals surface area contributed by atoms with Crippen LogP contribution < -0.4 is 31.3 Å². The van der Waals surface area contributed by atoms with Gasteiger partial charge in [-0.15, -0.1) is 0 Å². The second kappa shape index (κ2) is 27.7. The Morgan fingerprint density at radius 2 is 1.59 bits per heavy atom. The van der Waals surface area contributed by atoms with E-state index < -0.39 is 104 Å². The first-order valence-corrected chi connectivity index (χ1v) is 25.2. The van der Waals surface area contributed by atoms with Gasteiger partial charge in [0.2, 0.25) is 24.0 Å². The molecule has 0 radical (unpaired) electrons. The largest absolute Gasteiger partial charge is 0.479 e. The number of hydrogen-bond donors (Lipinski definition) is 9. The van der Waals surface area contributed by atoms with Crippen LogP contribution in [-0.4, -0.2) is 164 Å². The summed E-state index contributed by atoms with van der Waals surface area (Å²) in [6.07, 6.45) is 0.568. The smallest absolute Gasteiger partial charge is 0.411 e. The third-order valence-corrected chi connectivity index (χ3v) is 12.4. The minimum atomic E-state index is -2.03. The number of carbonyl (C=O) groups is 9. The van der Waals surface area contributed by atoms with Gasteiger partial charge in [-0.1, -0.05) is 31.0 Å². The number of aliphatic hydroxyl groups excluding tert-OH is 3. The fourth-order valence-corrected chi connectivity index (χ4v) is 8.40. The number of aliphatic carboxylic acids is 1. The van der Waals surface area contributed by atoms with Crippen molar-refractivity contribution in [1.29, 1.82) is 0 Å². The van der Waals surface area contributed by atoms with Gasteiger partial charge in [0.05, 0.1) is 12.2 Å². The van der Waals surface area contributed by atoms with Crippen molar-refractivity contribution in [2.75, 3.05) is 43.4 Å². The normalized spacial score (nSPS) is 19.9. The summed E-state index contributed by atoms with van der Waals surface area (Å²) in [5.41, 5.74) is 0.649. The third kappa shape index (κ3) is 17.4. The summed E-state index contributed by atoms with van der Waals surface area (Å²) >= 11 is 0. The molecule has 9 N–H and O–H groups in total. The summed E-state index contributed by atoms with van der Waals surface area (Å²) < 4.78 is 21.6. The van der Waals surface area contributed by atoms with Crippen molar-refractivity contribution in [3.8, 4) is 5.75 Å². The number of carboxylic acid groups (broad SMARTS) is 1. The highest BCUT2D eigenvalue weighted by Crippen LogP contribution is 2.32. The zero-order chi connectivity index (χ0) is 56.5. The number of nitrogens with one attached hydrogen (secondary N) is 5. The van der Waals surface area contributed by atoms with E-state index in [1.165, 1.54) is 30.3 Å². The van der Waals surface area contributed by atoms with Gasteiger partial charge in [0.25, 0.3) is 17.7 Å². The molecule has 25 nitrogen and oxygen atoms in total. The molecule has 418 valence electrons. The van der Waals surface area contributed by atoms with Crippen molar-refractivity contribution < 1.29 is 82.5 Å². The summed E-state index contributed by atoms with van der Waals surface area (Å²) in [5, 5.41) is 53.6. The number of imide groups is 1. The number of alkyl carbamates (subject to hydrolysis) is 1. The fraction of sp³-hybridized carbons (Fsp3) is 0.434. The van der Waals surface area contributed by atoms with Crippen molar-refractivity contribution >= 4 is 71.0 Å². The lowest BCUT2D eigenvalue weighted by molar-refractivity contribution is -0.271. The summed E-state index contributed by atoms with van der Waals surface area (Å²) in [5.74, 6) is -5.19. The van der Waals surface area contributed by atoms with Gasteiger partial charge in [0.1, 0.15) is 42.3 Å². The molecule has 0 spiro atoms. The first-order chi connectivity index (χ1) is 37.1. The maximum Gasteiger partial charge on any atom is 0.411 e. The number of rotatable bonds is 22. The van der Waals surface area contributed by atoms with E-state index in [1.54, 1.807) is 68.4 Å². The van der Waals surface area contributed by atoms with Crippen molar-refractivity contribution in [2.45, 2.75) is 108 Å². The Kier molecular flexibility index (Phi) is 20.9. The molecule has 0 unspecified atom stereocenters. The van der Waals surface area contributed by atoms with E-state index in [2.05, 4.69) is 31.6 Å². The van der Waals surface area contributed by atoms with Crippen LogP contribution in [0.3, 0.4) is 0 Å². The maximum atomic E-state index is 13.5. The highest BCUT2D eigenvalue weighted by atomic mass is 16.7. The summed E-state index contributed by atoms with van der Waals surface area (Å²) in [7, 11) is 0. The number of ether oxygens (including phenoxy) is 4. The van der Waals surface area contributed by atoms with E-state index >= 15 is 0 Å². The fourth-order valence-electron chi connectivity index (χ4n) is 8.40. The zero-order valence-electron chi connectivity index (χ0n) is 43.1. The highest BCUT2D eigenvalue weighted by molar-refractivity contribution is 6.15. The number of unbranched alkanes of at least 4 members (excludes halogenated alkanes) is 1. The molecule has 2 saturated heterocycles. The van der Waals surface area contributed by atoms with Gasteiger partial charge < -0.3 is 65.5 Å². The van der Waals surface area contributed by atoms with Crippen molar-refractivity contribution in [2.24, 2.45) is 5.92 Å². The molecule has 6 atom stereocenters. The minimum Gasteiger partial charge on any atom is -0.479 e. The van der Waals surface area contributed by atoms with E-state index in [1.807, 2.05) is 6.07 Å². The van der Waals surface area contributed by atoms with E-state index in [0.717, 1.165) is 49.8 Å². The van der Waals surface area contributed by atoms with Gasteiger partial charge in [0.15, 0.2) is 6.10 Å². The average Bonchev–Trinajstić information content (AvgIpc) is 3.76. The van der Waals surface area contributed by atoms with Crippen LogP contribution in [0.1, 0.15) is 80.8 Å². The summed E-state index contributed by atoms with van der Waals surface area (Å²) in [6.45, 7) is 5.18. The minimum absolute atomic E-state index is 0.155. The first-order valence-electron chi connectivity index (χ1n) is 25.2. The van der Waals surface area contributed by atoms with Crippen LogP contribution >= 0.6 is 0 Å².